The summed E-state index contributed by atoms with van der Waals surface area (Å²) in [6, 6.07) is 0. The fraction of sp³-hybridized carbons (Fsp3) is 0.200. The molecule has 0 rings (SSSR count). The van der Waals surface area contributed by atoms with Gasteiger partial charge in [-0.1, -0.05) is 19.1 Å². The highest BCUT2D eigenvalue weighted by atomic mass is 19.1. The van der Waals surface area contributed by atoms with E-state index < -0.39 is 0 Å². The van der Waals surface area contributed by atoms with Crippen LogP contribution in [0.3, 0.4) is 0 Å². The lowest BCUT2D eigenvalue weighted by molar-refractivity contribution is 0.652. The molecule has 0 saturated carbocycles. The number of allylic oxidation sites excluding steroid dienone is 4. The average molecular weight is 150 g/mol. The van der Waals surface area contributed by atoms with E-state index in [1.54, 1.807) is 13.8 Å². The molecule has 0 spiro atoms. The van der Waals surface area contributed by atoms with Crippen LogP contribution in [-0.2, 0) is 0 Å². The fourth-order valence-electron chi connectivity index (χ4n) is 0.473. The number of halogens is 1. The quantitative estimate of drug-likeness (QED) is 0.419. The molecule has 11 heavy (non-hydrogen) atoms. The minimum absolute atomic E-state index is 0.363. The summed E-state index contributed by atoms with van der Waals surface area (Å²) in [7, 11) is 0. The summed E-state index contributed by atoms with van der Waals surface area (Å²) >= 11 is 0. The highest BCUT2D eigenvalue weighted by Gasteiger charge is 1.93. The van der Waals surface area contributed by atoms with Crippen molar-refractivity contribution in [3.63, 3.8) is 0 Å². The smallest absolute Gasteiger partial charge is 0.126 e. The van der Waals surface area contributed by atoms with Crippen molar-refractivity contribution in [3.8, 4) is 11.8 Å². The predicted octanol–water partition coefficient (Wildman–Crippen LogP) is 3.00. The largest absolute Gasteiger partial charge is 0.207 e. The first kappa shape index (κ1) is 9.71. The zero-order valence-corrected chi connectivity index (χ0v) is 6.87. The van der Waals surface area contributed by atoms with E-state index in [4.69, 9.17) is 0 Å². The molecule has 0 aliphatic carbocycles. The van der Waals surface area contributed by atoms with Gasteiger partial charge in [-0.3, -0.25) is 0 Å². The third-order valence-corrected chi connectivity index (χ3v) is 0.994. The van der Waals surface area contributed by atoms with E-state index in [-0.39, 0.29) is 5.83 Å². The molecule has 0 aromatic carbocycles. The van der Waals surface area contributed by atoms with Crippen LogP contribution in [0.25, 0.3) is 0 Å². The molecule has 0 aromatic heterocycles. The van der Waals surface area contributed by atoms with Crippen molar-refractivity contribution in [2.75, 3.05) is 0 Å². The Balaban J connectivity index is 4.40. The fourth-order valence-corrected chi connectivity index (χ4v) is 0.473. The second-order valence-corrected chi connectivity index (χ2v) is 2.17. The second kappa shape index (κ2) is 4.51. The van der Waals surface area contributed by atoms with Gasteiger partial charge in [-0.15, -0.1) is 5.92 Å². The lowest BCUT2D eigenvalue weighted by atomic mass is 10.2. The van der Waals surface area contributed by atoms with Gasteiger partial charge in [0.15, 0.2) is 0 Å². The van der Waals surface area contributed by atoms with Gasteiger partial charge in [-0.2, -0.15) is 0 Å². The first-order chi connectivity index (χ1) is 5.07. The Morgan fingerprint density at radius 3 is 2.36 bits per heavy atom. The molecule has 0 heterocycles. The normalized spacial score (nSPS) is 9.91. The first-order valence-electron chi connectivity index (χ1n) is 3.22. The van der Waals surface area contributed by atoms with Gasteiger partial charge in [0.2, 0.25) is 0 Å². The average Bonchev–Trinajstić information content (AvgIpc) is 1.87. The monoisotopic (exact) mass is 150 g/mol. The van der Waals surface area contributed by atoms with Gasteiger partial charge < -0.3 is 0 Å². The maximum atomic E-state index is 12.7. The Morgan fingerprint density at radius 1 is 1.45 bits per heavy atom. The summed E-state index contributed by atoms with van der Waals surface area (Å²) in [5.41, 5.74) is 0.858. The summed E-state index contributed by atoms with van der Waals surface area (Å²) in [6.45, 7) is 10.2. The van der Waals surface area contributed by atoms with Crippen molar-refractivity contribution in [2.45, 2.75) is 13.8 Å². The van der Waals surface area contributed by atoms with Crippen LogP contribution < -0.4 is 0 Å². The van der Waals surface area contributed by atoms with E-state index in [0.717, 1.165) is 0 Å². The maximum absolute atomic E-state index is 12.7. The van der Waals surface area contributed by atoms with Gasteiger partial charge in [-0.05, 0) is 25.5 Å². The SMILES string of the molecule is C=C(C#CC)/C=C(/F)C(=C)C. The molecule has 0 amide bonds. The van der Waals surface area contributed by atoms with Crippen LogP contribution in [0.15, 0.2) is 36.2 Å². The number of rotatable bonds is 2. The van der Waals surface area contributed by atoms with Gasteiger partial charge in [0.05, 0.1) is 0 Å². The number of hydrogen-bond donors (Lipinski definition) is 0. The molecule has 58 valence electrons. The summed E-state index contributed by atoms with van der Waals surface area (Å²) in [5.74, 6) is 4.89. The van der Waals surface area contributed by atoms with Crippen molar-refractivity contribution < 1.29 is 4.39 Å². The predicted molar refractivity (Wildman–Crippen MR) is 46.6 cm³/mol. The van der Waals surface area contributed by atoms with E-state index in [9.17, 15) is 4.39 Å². The highest BCUT2D eigenvalue weighted by Crippen LogP contribution is 2.09. The maximum Gasteiger partial charge on any atom is 0.126 e. The van der Waals surface area contributed by atoms with E-state index in [2.05, 4.69) is 25.0 Å². The molecule has 0 aromatic rings. The third kappa shape index (κ3) is 4.16. The van der Waals surface area contributed by atoms with E-state index in [1.165, 1.54) is 6.08 Å². The van der Waals surface area contributed by atoms with Gasteiger partial charge in [-0.25, -0.2) is 4.39 Å². The molecule has 0 N–H and O–H groups in total. The lowest BCUT2D eigenvalue weighted by Crippen LogP contribution is -1.76. The van der Waals surface area contributed by atoms with Gasteiger partial charge in [0.25, 0.3) is 0 Å². The van der Waals surface area contributed by atoms with E-state index >= 15 is 0 Å². The molecule has 0 aliphatic rings. The third-order valence-electron chi connectivity index (χ3n) is 0.994. The molecule has 0 aliphatic heterocycles. The van der Waals surface area contributed by atoms with E-state index in [0.29, 0.717) is 11.1 Å². The minimum atomic E-state index is -0.363. The minimum Gasteiger partial charge on any atom is -0.207 e. The Bertz CT molecular complexity index is 258. The highest BCUT2D eigenvalue weighted by molar-refractivity contribution is 5.39. The van der Waals surface area contributed by atoms with Crippen molar-refractivity contribution in [1.82, 2.24) is 0 Å². The number of hydrogen-bond acceptors (Lipinski definition) is 0. The Hall–Kier alpha value is -1.29. The molecule has 0 atom stereocenters. The van der Waals surface area contributed by atoms with Crippen molar-refractivity contribution >= 4 is 0 Å². The molecule has 0 fully saturated rings. The zero-order chi connectivity index (χ0) is 8.85. The van der Waals surface area contributed by atoms with Gasteiger partial charge in [0, 0.05) is 5.57 Å². The summed E-state index contributed by atoms with van der Waals surface area (Å²) < 4.78 is 12.7. The van der Waals surface area contributed by atoms with Crippen LogP contribution in [-0.4, -0.2) is 0 Å². The zero-order valence-electron chi connectivity index (χ0n) is 6.87. The van der Waals surface area contributed by atoms with Crippen molar-refractivity contribution in [3.05, 3.63) is 36.2 Å². The Labute approximate surface area is 67.1 Å². The topological polar surface area (TPSA) is 0 Å². The second-order valence-electron chi connectivity index (χ2n) is 2.17. The van der Waals surface area contributed by atoms with Crippen LogP contribution in [0.2, 0.25) is 0 Å². The molecule has 0 radical (unpaired) electrons. The van der Waals surface area contributed by atoms with Gasteiger partial charge >= 0.3 is 0 Å². The van der Waals surface area contributed by atoms with Crippen molar-refractivity contribution in [2.24, 2.45) is 0 Å². The van der Waals surface area contributed by atoms with Crippen LogP contribution in [0.1, 0.15) is 13.8 Å². The van der Waals surface area contributed by atoms with Crippen LogP contribution in [0.5, 0.6) is 0 Å². The standard InChI is InChI=1S/C10H11F/c1-5-6-9(4)7-10(11)8(2)3/h7H,2,4H2,1,3H3/b10-7+. The van der Waals surface area contributed by atoms with Crippen LogP contribution >= 0.6 is 0 Å². The van der Waals surface area contributed by atoms with Crippen LogP contribution in [0, 0.1) is 11.8 Å². The molecule has 0 saturated heterocycles. The molecular weight excluding hydrogens is 139 g/mol. The molecule has 0 nitrogen and oxygen atoms in total. The Kier molecular flexibility index (Phi) is 3.98. The lowest BCUT2D eigenvalue weighted by Gasteiger charge is -1.91. The Morgan fingerprint density at radius 2 is 2.00 bits per heavy atom. The first-order valence-corrected chi connectivity index (χ1v) is 3.22. The summed E-state index contributed by atoms with van der Waals surface area (Å²) in [5, 5.41) is 0. The van der Waals surface area contributed by atoms with Gasteiger partial charge in [0.1, 0.15) is 5.83 Å². The van der Waals surface area contributed by atoms with Crippen molar-refractivity contribution in [1.29, 1.82) is 0 Å². The van der Waals surface area contributed by atoms with Crippen LogP contribution in [0.4, 0.5) is 4.39 Å². The molecular formula is C10H11F. The van der Waals surface area contributed by atoms with E-state index in [1.807, 2.05) is 0 Å². The molecule has 0 bridgehead atoms. The summed E-state index contributed by atoms with van der Waals surface area (Å²) in [4.78, 5) is 0. The summed E-state index contributed by atoms with van der Waals surface area (Å²) in [6.07, 6.45) is 1.28. The molecule has 0 unspecified atom stereocenters. The molecule has 1 heteroatoms.